The topological polar surface area (TPSA) is 80.5 Å². The molecular weight excluding hydrogens is 380 g/mol. The zero-order chi connectivity index (χ0) is 21.8. The van der Waals surface area contributed by atoms with Crippen LogP contribution in [0.5, 0.6) is 0 Å². The summed E-state index contributed by atoms with van der Waals surface area (Å²) in [6.07, 6.45) is 4.92. The average molecular weight is 417 g/mol. The molecule has 0 saturated carbocycles. The van der Waals surface area contributed by atoms with E-state index < -0.39 is 5.97 Å². The predicted octanol–water partition coefficient (Wildman–Crippen LogP) is 4.30. The largest absolute Gasteiger partial charge is 0.464 e. The Morgan fingerprint density at radius 3 is 2.53 bits per heavy atom. The third-order valence-corrected chi connectivity index (χ3v) is 6.26. The normalized spacial score (nSPS) is 16.4. The first kappa shape index (κ1) is 22.5. The van der Waals surface area contributed by atoms with Crippen LogP contribution in [0.1, 0.15) is 87.9 Å². The second-order valence-electron chi connectivity index (χ2n) is 8.67. The van der Waals surface area contributed by atoms with Crippen LogP contribution in [-0.2, 0) is 4.74 Å². The summed E-state index contributed by atoms with van der Waals surface area (Å²) in [5, 5.41) is 15.6. The fourth-order valence-corrected chi connectivity index (χ4v) is 4.45. The minimum Gasteiger partial charge on any atom is -0.464 e. The van der Waals surface area contributed by atoms with Gasteiger partial charge in [0.2, 0.25) is 0 Å². The average Bonchev–Trinajstić information content (AvgIpc) is 3.16. The van der Waals surface area contributed by atoms with Gasteiger partial charge in [-0.3, -0.25) is 0 Å². The van der Waals surface area contributed by atoms with Crippen molar-refractivity contribution in [1.82, 2.24) is 14.8 Å². The molecule has 0 spiro atoms. The number of methoxy groups -OCH3 is 1. The summed E-state index contributed by atoms with van der Waals surface area (Å²) in [5.41, 5.74) is 3.15. The highest BCUT2D eigenvalue weighted by atomic mass is 16.5. The van der Waals surface area contributed by atoms with Crippen LogP contribution in [0.15, 0.2) is 6.07 Å². The van der Waals surface area contributed by atoms with Gasteiger partial charge < -0.3 is 14.7 Å². The van der Waals surface area contributed by atoms with Gasteiger partial charge in [0.05, 0.1) is 29.9 Å². The molecule has 3 heterocycles. The van der Waals surface area contributed by atoms with E-state index in [1.54, 1.807) is 0 Å². The highest BCUT2D eigenvalue weighted by Crippen LogP contribution is 2.37. The number of piperidine rings is 1. The maximum Gasteiger partial charge on any atom is 0.356 e. The molecule has 0 aliphatic carbocycles. The highest BCUT2D eigenvalue weighted by Gasteiger charge is 2.28. The van der Waals surface area contributed by atoms with E-state index in [1.165, 1.54) is 7.11 Å². The molecule has 1 unspecified atom stereocenters. The molecule has 0 amide bonds. The van der Waals surface area contributed by atoms with E-state index in [2.05, 4.69) is 32.6 Å². The van der Waals surface area contributed by atoms with E-state index in [1.807, 2.05) is 10.7 Å². The minimum atomic E-state index is -0.425. The number of fused-ring (bicyclic) bond motifs is 1. The summed E-state index contributed by atoms with van der Waals surface area (Å²) in [5.74, 6) is 0.165. The molecule has 0 radical (unpaired) electrons. The molecule has 1 fully saturated rings. The van der Waals surface area contributed by atoms with E-state index >= 15 is 0 Å². The summed E-state index contributed by atoms with van der Waals surface area (Å²) in [6, 6.07) is 2.12. The maximum absolute atomic E-state index is 12.4. The van der Waals surface area contributed by atoms with Crippen LogP contribution in [0, 0.1) is 5.92 Å². The Morgan fingerprint density at radius 2 is 2.00 bits per heavy atom. The number of esters is 1. The zero-order valence-electron chi connectivity index (χ0n) is 19.0. The van der Waals surface area contributed by atoms with Crippen molar-refractivity contribution in [2.24, 2.45) is 5.92 Å². The summed E-state index contributed by atoms with van der Waals surface area (Å²) in [7, 11) is 1.39. The summed E-state index contributed by atoms with van der Waals surface area (Å²) in [6.45, 7) is 10.6. The number of anilines is 1. The Hall–Kier alpha value is -2.15. The number of hydrogen-bond acceptors (Lipinski definition) is 6. The Bertz CT molecular complexity index is 869. The van der Waals surface area contributed by atoms with Gasteiger partial charge in [0.1, 0.15) is 0 Å². The molecular formula is C23H36N4O3. The van der Waals surface area contributed by atoms with Crippen molar-refractivity contribution < 1.29 is 14.6 Å². The van der Waals surface area contributed by atoms with E-state index in [-0.39, 0.29) is 18.6 Å². The van der Waals surface area contributed by atoms with Crippen LogP contribution in [0.25, 0.3) is 11.0 Å². The number of hydrogen-bond donors (Lipinski definition) is 1. The second-order valence-corrected chi connectivity index (χ2v) is 8.67. The number of aliphatic hydroxyl groups is 1. The molecule has 7 heteroatoms. The van der Waals surface area contributed by atoms with Gasteiger partial charge in [-0.15, -0.1) is 0 Å². The Morgan fingerprint density at radius 1 is 1.30 bits per heavy atom. The molecule has 0 bridgehead atoms. The van der Waals surface area contributed by atoms with Crippen LogP contribution in [0.4, 0.5) is 5.69 Å². The van der Waals surface area contributed by atoms with E-state index in [9.17, 15) is 9.90 Å². The van der Waals surface area contributed by atoms with Crippen molar-refractivity contribution in [3.05, 3.63) is 17.5 Å². The summed E-state index contributed by atoms with van der Waals surface area (Å²) < 4.78 is 7.05. The number of pyridine rings is 1. The number of aromatic nitrogens is 3. The number of ether oxygens (including phenoxy) is 1. The Labute approximate surface area is 179 Å². The zero-order valence-corrected chi connectivity index (χ0v) is 19.0. The molecule has 166 valence electrons. The SMILES string of the molecule is CCCC(CC)n1nc(C(C)C)c2c(N3CCC(CO)CC3)cc(C(=O)OC)nc21. The second kappa shape index (κ2) is 9.77. The number of aliphatic hydroxyl groups excluding tert-OH is 1. The number of rotatable bonds is 8. The minimum absolute atomic E-state index is 0.234. The number of carbonyl (C=O) groups is 1. The lowest BCUT2D eigenvalue weighted by Crippen LogP contribution is -2.35. The lowest BCUT2D eigenvalue weighted by atomic mass is 9.96. The van der Waals surface area contributed by atoms with Gasteiger partial charge in [-0.05, 0) is 43.6 Å². The molecule has 1 atom stereocenters. The van der Waals surface area contributed by atoms with Crippen molar-refractivity contribution in [3.63, 3.8) is 0 Å². The van der Waals surface area contributed by atoms with E-state index in [4.69, 9.17) is 14.8 Å². The van der Waals surface area contributed by atoms with Gasteiger partial charge in [-0.2, -0.15) is 5.10 Å². The van der Waals surface area contributed by atoms with Gasteiger partial charge in [-0.25, -0.2) is 14.5 Å². The maximum atomic E-state index is 12.4. The molecule has 1 N–H and O–H groups in total. The molecule has 2 aromatic heterocycles. The van der Waals surface area contributed by atoms with Gasteiger partial charge in [0, 0.05) is 19.7 Å². The van der Waals surface area contributed by atoms with Crippen LogP contribution in [-0.4, -0.2) is 52.6 Å². The predicted molar refractivity (Wildman–Crippen MR) is 119 cm³/mol. The van der Waals surface area contributed by atoms with Gasteiger partial charge in [0.15, 0.2) is 11.3 Å². The Kier molecular flexibility index (Phi) is 7.34. The molecule has 0 aromatic carbocycles. The summed E-state index contributed by atoms with van der Waals surface area (Å²) in [4.78, 5) is 19.5. The quantitative estimate of drug-likeness (QED) is 0.646. The lowest BCUT2D eigenvalue weighted by Gasteiger charge is -2.33. The van der Waals surface area contributed by atoms with Crippen LogP contribution in [0.2, 0.25) is 0 Å². The molecule has 1 aliphatic rings. The Balaban J connectivity index is 2.22. The molecule has 1 aliphatic heterocycles. The standard InChI is InChI=1S/C23H36N4O3/c1-6-8-17(7-2)27-22-20(21(25-27)15(3)4)19(13-18(24-22)23(29)30-5)26-11-9-16(14-28)10-12-26/h13,15-17,28H,6-12,14H2,1-5H3. The molecule has 3 rings (SSSR count). The number of nitrogens with zero attached hydrogens (tertiary/aromatic N) is 4. The van der Waals surface area contributed by atoms with Gasteiger partial charge >= 0.3 is 5.97 Å². The fourth-order valence-electron chi connectivity index (χ4n) is 4.45. The van der Waals surface area contributed by atoms with Crippen molar-refractivity contribution >= 4 is 22.7 Å². The van der Waals surface area contributed by atoms with Crippen molar-refractivity contribution in [2.45, 2.75) is 71.8 Å². The first-order valence-electron chi connectivity index (χ1n) is 11.3. The molecule has 2 aromatic rings. The third-order valence-electron chi connectivity index (χ3n) is 6.26. The first-order valence-corrected chi connectivity index (χ1v) is 11.3. The smallest absolute Gasteiger partial charge is 0.356 e. The monoisotopic (exact) mass is 416 g/mol. The third kappa shape index (κ3) is 4.31. The van der Waals surface area contributed by atoms with Crippen LogP contribution in [0.3, 0.4) is 0 Å². The van der Waals surface area contributed by atoms with Crippen molar-refractivity contribution in [1.29, 1.82) is 0 Å². The first-order chi connectivity index (χ1) is 14.4. The molecule has 1 saturated heterocycles. The fraction of sp³-hybridized carbons (Fsp3) is 0.696. The van der Waals surface area contributed by atoms with Crippen molar-refractivity contribution in [2.75, 3.05) is 31.7 Å². The van der Waals surface area contributed by atoms with Crippen molar-refractivity contribution in [3.8, 4) is 0 Å². The number of carbonyl (C=O) groups excluding carboxylic acids is 1. The van der Waals surface area contributed by atoms with Gasteiger partial charge in [-0.1, -0.05) is 34.1 Å². The van der Waals surface area contributed by atoms with E-state index in [0.29, 0.717) is 11.6 Å². The van der Waals surface area contributed by atoms with Gasteiger partial charge in [0.25, 0.3) is 0 Å². The highest BCUT2D eigenvalue weighted by molar-refractivity contribution is 5.98. The molecule has 7 nitrogen and oxygen atoms in total. The summed E-state index contributed by atoms with van der Waals surface area (Å²) >= 11 is 0. The lowest BCUT2D eigenvalue weighted by molar-refractivity contribution is 0.0594. The van der Waals surface area contributed by atoms with E-state index in [0.717, 1.165) is 67.6 Å². The van der Waals surface area contributed by atoms with Crippen LogP contribution >= 0.6 is 0 Å². The van der Waals surface area contributed by atoms with Crippen LogP contribution < -0.4 is 4.90 Å². The molecule has 30 heavy (non-hydrogen) atoms.